The molecule has 5 heterocycles. The molecule has 4 nitrogen and oxygen atoms in total. The SMILES string of the molecule is Cn1c2ccccc2c2cc3c(c(-n4c5ccccc5c5cc6sc7ccccc7c6cc54)c21)N(c1ccc(C(C)(C)C)cc1)c1cccc2c1B3c1cc(C(C)(C)C)ccc1N2c1ccc(C(C)(C)C)cc1. The van der Waals surface area contributed by atoms with Crippen LogP contribution in [-0.4, -0.2) is 15.8 Å². The van der Waals surface area contributed by atoms with Gasteiger partial charge in [0.05, 0.1) is 27.9 Å². The summed E-state index contributed by atoms with van der Waals surface area (Å²) in [4.78, 5) is 5.19. The molecule has 2 aliphatic rings. The molecule has 0 saturated heterocycles. The third-order valence-electron chi connectivity index (χ3n) is 16.4. The summed E-state index contributed by atoms with van der Waals surface area (Å²) in [5.74, 6) is 0. The second kappa shape index (κ2) is 15.3. The lowest BCUT2D eigenvalue weighted by Gasteiger charge is -2.45. The highest BCUT2D eigenvalue weighted by Gasteiger charge is 2.46. The Morgan fingerprint density at radius 2 is 0.945 bits per heavy atom. The first-order valence-corrected chi connectivity index (χ1v) is 26.8. The molecular formula is C67H59BN4S. The summed E-state index contributed by atoms with van der Waals surface area (Å²) in [5, 5.41) is 7.65. The van der Waals surface area contributed by atoms with E-state index in [4.69, 9.17) is 0 Å². The lowest BCUT2D eigenvalue weighted by atomic mass is 9.33. The molecule has 6 heteroatoms. The third kappa shape index (κ3) is 6.39. The Balaban J connectivity index is 1.18. The summed E-state index contributed by atoms with van der Waals surface area (Å²) in [6, 6.07) is 67.9. The van der Waals surface area contributed by atoms with Crippen molar-refractivity contribution in [1.29, 1.82) is 0 Å². The van der Waals surface area contributed by atoms with Crippen molar-refractivity contribution in [3.63, 3.8) is 0 Å². The Morgan fingerprint density at radius 1 is 0.384 bits per heavy atom. The van der Waals surface area contributed by atoms with Crippen molar-refractivity contribution < 1.29 is 0 Å². The molecule has 0 bridgehead atoms. The first kappa shape index (κ1) is 44.2. The van der Waals surface area contributed by atoms with Crippen molar-refractivity contribution in [3.05, 3.63) is 193 Å². The van der Waals surface area contributed by atoms with E-state index in [0.29, 0.717) is 0 Å². The van der Waals surface area contributed by atoms with Crippen LogP contribution in [0.15, 0.2) is 176 Å². The maximum Gasteiger partial charge on any atom is 0.252 e. The zero-order chi connectivity index (χ0) is 50.0. The largest absolute Gasteiger partial charge is 0.342 e. The van der Waals surface area contributed by atoms with Gasteiger partial charge in [-0.15, -0.1) is 11.3 Å². The number of para-hydroxylation sites is 2. The summed E-state index contributed by atoms with van der Waals surface area (Å²) in [5.41, 5.74) is 21.1. The van der Waals surface area contributed by atoms with Crippen LogP contribution in [0.1, 0.15) is 79.0 Å². The number of benzene rings is 9. The van der Waals surface area contributed by atoms with Crippen molar-refractivity contribution in [3.8, 4) is 5.69 Å². The average molecular weight is 963 g/mol. The number of rotatable bonds is 3. The highest BCUT2D eigenvalue weighted by molar-refractivity contribution is 7.25. The molecule has 0 amide bonds. The minimum atomic E-state index is -0.0866. The Hall–Kier alpha value is -7.54. The van der Waals surface area contributed by atoms with E-state index in [0.717, 1.165) is 5.69 Å². The Morgan fingerprint density at radius 3 is 1.60 bits per heavy atom. The van der Waals surface area contributed by atoms with Gasteiger partial charge in [-0.1, -0.05) is 165 Å². The molecule has 3 aromatic heterocycles. The van der Waals surface area contributed by atoms with Crippen LogP contribution in [0.2, 0.25) is 0 Å². The molecular weight excluding hydrogens is 904 g/mol. The number of aryl methyl sites for hydroxylation is 1. The molecule has 0 N–H and O–H groups in total. The van der Waals surface area contributed by atoms with Crippen LogP contribution in [0.5, 0.6) is 0 Å². The number of anilines is 6. The minimum Gasteiger partial charge on any atom is -0.342 e. The molecule has 356 valence electrons. The van der Waals surface area contributed by atoms with Crippen molar-refractivity contribution in [2.24, 2.45) is 7.05 Å². The first-order valence-electron chi connectivity index (χ1n) is 26.0. The van der Waals surface area contributed by atoms with Crippen molar-refractivity contribution in [1.82, 2.24) is 9.13 Å². The second-order valence-corrected chi connectivity index (χ2v) is 25.0. The van der Waals surface area contributed by atoms with Gasteiger partial charge in [-0.2, -0.15) is 0 Å². The zero-order valence-corrected chi connectivity index (χ0v) is 44.3. The van der Waals surface area contributed by atoms with E-state index in [1.54, 1.807) is 0 Å². The fourth-order valence-electron chi connectivity index (χ4n) is 12.6. The number of nitrogens with zero attached hydrogens (tertiary/aromatic N) is 4. The summed E-state index contributed by atoms with van der Waals surface area (Å²) < 4.78 is 7.76. The molecule has 0 saturated carbocycles. The summed E-state index contributed by atoms with van der Waals surface area (Å²) in [7, 11) is 2.28. The van der Waals surface area contributed by atoms with Gasteiger partial charge in [0.25, 0.3) is 6.71 Å². The highest BCUT2D eigenvalue weighted by Crippen LogP contribution is 2.51. The predicted octanol–water partition coefficient (Wildman–Crippen LogP) is 16.8. The van der Waals surface area contributed by atoms with E-state index in [1.807, 2.05) is 11.3 Å². The Bertz CT molecular complexity index is 4280. The standard InChI is InChI=1S/C67H59BN4S/c1-65(2,3)40-26-31-43(32-27-40)70-55-35-30-42(67(7,8)9)36-51(55)68-52-37-50-46-19-11-14-21-53(46)69(10)62(50)64(63(52)71(57-24-17-23-56(70)61(57)68)44-33-28-41(29-34-44)66(4,5)6)72-54-22-15-12-18-45(54)48-39-60-49(38-58(48)72)47-20-13-16-25-59(47)73-60/h11-39H,1-10H3. The normalized spacial score (nSPS) is 13.8. The van der Waals surface area contributed by atoms with Gasteiger partial charge in [0, 0.05) is 82.7 Å². The van der Waals surface area contributed by atoms with E-state index in [2.05, 4.69) is 264 Å². The van der Waals surface area contributed by atoms with Gasteiger partial charge in [-0.3, -0.25) is 0 Å². The Labute approximate surface area is 432 Å². The molecule has 0 aliphatic carbocycles. The van der Waals surface area contributed by atoms with Crippen LogP contribution in [0, 0.1) is 0 Å². The summed E-state index contributed by atoms with van der Waals surface area (Å²) in [6.07, 6.45) is 0. The number of fused-ring (bicyclic) bond motifs is 13. The predicted molar refractivity (Wildman–Crippen MR) is 318 cm³/mol. The topological polar surface area (TPSA) is 16.3 Å². The molecule has 12 aromatic rings. The monoisotopic (exact) mass is 962 g/mol. The second-order valence-electron chi connectivity index (χ2n) is 23.9. The lowest BCUT2D eigenvalue weighted by molar-refractivity contribution is 0.590. The van der Waals surface area contributed by atoms with Crippen molar-refractivity contribution in [2.45, 2.75) is 78.6 Å². The van der Waals surface area contributed by atoms with E-state index >= 15 is 0 Å². The third-order valence-corrected chi connectivity index (χ3v) is 17.5. The quantitative estimate of drug-likeness (QED) is 0.164. The van der Waals surface area contributed by atoms with E-state index in [-0.39, 0.29) is 23.0 Å². The molecule has 0 spiro atoms. The Kier molecular flexibility index (Phi) is 9.23. The first-order chi connectivity index (χ1) is 35.0. The van der Waals surface area contributed by atoms with Gasteiger partial charge in [0.1, 0.15) is 0 Å². The fourth-order valence-corrected chi connectivity index (χ4v) is 13.7. The van der Waals surface area contributed by atoms with Crippen LogP contribution < -0.4 is 26.2 Å². The van der Waals surface area contributed by atoms with Crippen molar-refractivity contribution >= 4 is 132 Å². The molecule has 0 fully saturated rings. The number of aromatic nitrogens is 2. The summed E-state index contributed by atoms with van der Waals surface area (Å²) >= 11 is 1.90. The van der Waals surface area contributed by atoms with Gasteiger partial charge in [-0.05, 0) is 122 Å². The smallest absolute Gasteiger partial charge is 0.252 e. The lowest BCUT2D eigenvalue weighted by Crippen LogP contribution is -2.61. The molecule has 0 unspecified atom stereocenters. The van der Waals surface area contributed by atoms with E-state index < -0.39 is 0 Å². The molecule has 73 heavy (non-hydrogen) atoms. The van der Waals surface area contributed by atoms with E-state index in [1.165, 1.54) is 131 Å². The van der Waals surface area contributed by atoms with E-state index in [9.17, 15) is 0 Å². The van der Waals surface area contributed by atoms with Crippen LogP contribution in [-0.2, 0) is 23.3 Å². The molecule has 9 aromatic carbocycles. The van der Waals surface area contributed by atoms with Gasteiger partial charge >= 0.3 is 0 Å². The van der Waals surface area contributed by atoms with Gasteiger partial charge in [0.15, 0.2) is 0 Å². The highest BCUT2D eigenvalue weighted by atomic mass is 32.1. The number of hydrogen-bond acceptors (Lipinski definition) is 3. The molecule has 2 aliphatic heterocycles. The maximum atomic E-state index is 2.65. The molecule has 14 rings (SSSR count). The molecule has 0 radical (unpaired) electrons. The molecule has 0 atom stereocenters. The number of hydrogen-bond donors (Lipinski definition) is 0. The fraction of sp³-hybridized carbons (Fsp3) is 0.194. The van der Waals surface area contributed by atoms with Crippen molar-refractivity contribution in [2.75, 3.05) is 9.80 Å². The van der Waals surface area contributed by atoms with Gasteiger partial charge < -0.3 is 18.9 Å². The van der Waals surface area contributed by atoms with Crippen LogP contribution >= 0.6 is 11.3 Å². The van der Waals surface area contributed by atoms with Gasteiger partial charge in [0.2, 0.25) is 0 Å². The minimum absolute atomic E-state index is 0.00649. The maximum absolute atomic E-state index is 2.65. The number of thiophene rings is 1. The van der Waals surface area contributed by atoms with Crippen LogP contribution in [0.4, 0.5) is 34.1 Å². The summed E-state index contributed by atoms with van der Waals surface area (Å²) in [6.45, 7) is 20.8. The average Bonchev–Trinajstić information content (AvgIpc) is 4.01. The zero-order valence-electron chi connectivity index (χ0n) is 43.5. The van der Waals surface area contributed by atoms with Crippen LogP contribution in [0.3, 0.4) is 0 Å². The van der Waals surface area contributed by atoms with Crippen LogP contribution in [0.25, 0.3) is 69.5 Å². The van der Waals surface area contributed by atoms with Gasteiger partial charge in [-0.25, -0.2) is 0 Å².